The van der Waals surface area contributed by atoms with Crippen molar-refractivity contribution in [2.45, 2.75) is 23.6 Å². The zero-order chi connectivity index (χ0) is 25.2. The number of halogens is 2. The number of anilines is 2. The van der Waals surface area contributed by atoms with Gasteiger partial charge in [0.2, 0.25) is 11.7 Å². The predicted octanol–water partition coefficient (Wildman–Crippen LogP) is 2.08. The molecule has 0 spiro atoms. The van der Waals surface area contributed by atoms with Gasteiger partial charge < -0.3 is 19.7 Å². The van der Waals surface area contributed by atoms with Crippen molar-refractivity contribution in [2.24, 2.45) is 5.14 Å². The first-order valence-electron chi connectivity index (χ1n) is 10.3. The Kier molecular flexibility index (Phi) is 6.80. The minimum atomic E-state index is -4.09. The molecule has 1 amide bonds. The molecule has 184 valence electrons. The number of hydrogen-bond acceptors (Lipinski definition) is 8. The van der Waals surface area contributed by atoms with Crippen molar-refractivity contribution in [1.29, 1.82) is 0 Å². The summed E-state index contributed by atoms with van der Waals surface area (Å²) in [6.07, 6.45) is 3.98. The molecule has 2 atom stereocenters. The van der Waals surface area contributed by atoms with Crippen LogP contribution in [0, 0.1) is 11.6 Å². The van der Waals surface area contributed by atoms with E-state index in [-0.39, 0.29) is 30.1 Å². The van der Waals surface area contributed by atoms with Gasteiger partial charge in [0.1, 0.15) is 17.9 Å². The zero-order valence-electron chi connectivity index (χ0n) is 18.4. The third-order valence-corrected chi connectivity index (χ3v) is 6.16. The second kappa shape index (κ2) is 9.80. The lowest BCUT2D eigenvalue weighted by molar-refractivity contribution is -0.117. The van der Waals surface area contributed by atoms with Crippen LogP contribution in [0.3, 0.4) is 0 Å². The fourth-order valence-electron chi connectivity index (χ4n) is 3.82. The minimum absolute atomic E-state index is 0.143. The third kappa shape index (κ3) is 5.30. The summed E-state index contributed by atoms with van der Waals surface area (Å²) in [4.78, 5) is 22.4. The van der Waals surface area contributed by atoms with Crippen molar-refractivity contribution >= 4 is 27.3 Å². The van der Waals surface area contributed by atoms with E-state index in [0.29, 0.717) is 5.75 Å². The Balaban J connectivity index is 1.65. The van der Waals surface area contributed by atoms with Crippen LogP contribution in [-0.2, 0) is 14.8 Å². The third-order valence-electron chi connectivity index (χ3n) is 5.35. The number of nitrogens with one attached hydrogen (secondary N) is 1. The maximum atomic E-state index is 14.5. The van der Waals surface area contributed by atoms with E-state index in [9.17, 15) is 22.0 Å². The average Bonchev–Trinajstić information content (AvgIpc) is 3.24. The van der Waals surface area contributed by atoms with Crippen molar-refractivity contribution in [3.8, 4) is 11.5 Å². The number of nitrogens with two attached hydrogens (primary N) is 1. The van der Waals surface area contributed by atoms with Crippen molar-refractivity contribution < 1.29 is 31.5 Å². The zero-order valence-corrected chi connectivity index (χ0v) is 19.2. The second-order valence-electron chi connectivity index (χ2n) is 7.66. The summed E-state index contributed by atoms with van der Waals surface area (Å²) in [6, 6.07) is 7.19. The molecule has 0 saturated carbocycles. The Bertz CT molecular complexity index is 1340. The Morgan fingerprint density at radius 2 is 1.91 bits per heavy atom. The summed E-state index contributed by atoms with van der Waals surface area (Å²) in [5.74, 6) is -2.65. The normalized spacial score (nSPS) is 17.8. The van der Waals surface area contributed by atoms with E-state index in [1.807, 2.05) is 0 Å². The van der Waals surface area contributed by atoms with Crippen LogP contribution in [0.4, 0.5) is 20.2 Å². The molecule has 1 aliphatic rings. The number of carbonyl (C=O) groups excluding carboxylic acids is 1. The Labute approximate surface area is 199 Å². The number of hydrogen-bond donors (Lipinski definition) is 2. The fraction of sp³-hybridized carbons (Fsp3) is 0.227. The van der Waals surface area contributed by atoms with Crippen LogP contribution in [-0.4, -0.2) is 50.1 Å². The monoisotopic (exact) mass is 505 g/mol. The first-order valence-corrected chi connectivity index (χ1v) is 11.9. The molecular formula is C22H21F2N5O5S. The van der Waals surface area contributed by atoms with Gasteiger partial charge in [0, 0.05) is 36.8 Å². The van der Waals surface area contributed by atoms with E-state index in [2.05, 4.69) is 15.3 Å². The predicted molar refractivity (Wildman–Crippen MR) is 122 cm³/mol. The van der Waals surface area contributed by atoms with Crippen LogP contribution in [0.15, 0.2) is 60.0 Å². The van der Waals surface area contributed by atoms with E-state index >= 15 is 0 Å². The van der Waals surface area contributed by atoms with Crippen LogP contribution >= 0.6 is 0 Å². The molecule has 0 bridgehead atoms. The molecule has 2 aromatic heterocycles. The highest BCUT2D eigenvalue weighted by atomic mass is 32.2. The molecule has 2 unspecified atom stereocenters. The average molecular weight is 506 g/mol. The van der Waals surface area contributed by atoms with Gasteiger partial charge in [-0.05, 0) is 30.3 Å². The number of methoxy groups -OCH3 is 1. The summed E-state index contributed by atoms with van der Waals surface area (Å²) < 4.78 is 62.6. The van der Waals surface area contributed by atoms with Crippen molar-refractivity contribution in [1.82, 2.24) is 9.97 Å². The number of primary sulfonamides is 1. The maximum Gasteiger partial charge on any atom is 0.255 e. The number of nitrogens with zero attached hydrogens (tertiary/aromatic N) is 3. The number of ether oxygens (including phenoxy) is 2. The molecule has 35 heavy (non-hydrogen) atoms. The van der Waals surface area contributed by atoms with Gasteiger partial charge in [-0.15, -0.1) is 0 Å². The highest BCUT2D eigenvalue weighted by molar-refractivity contribution is 7.89. The Hall–Kier alpha value is -3.84. The summed E-state index contributed by atoms with van der Waals surface area (Å²) in [7, 11) is -2.89. The highest BCUT2D eigenvalue weighted by Crippen LogP contribution is 2.38. The standard InChI is InChI=1S/C22H21F2N5O5S/c1-33-21-17(3-2-16(23)20(21)24)29-12-15(34-14-5-7-26-8-6-14)11-18(29)22(30)28-13-4-9-27-19(10-13)35(25,31)32/h2-10,15,18H,11-12H2,1H3,(H2,25,31,32)(H,27,28,30). The van der Waals surface area contributed by atoms with E-state index in [1.165, 1.54) is 25.4 Å². The molecule has 3 N–H and O–H groups in total. The molecule has 3 aromatic rings. The smallest absolute Gasteiger partial charge is 0.255 e. The largest absolute Gasteiger partial charge is 0.491 e. The summed E-state index contributed by atoms with van der Waals surface area (Å²) in [5, 5.41) is 7.33. The van der Waals surface area contributed by atoms with Gasteiger partial charge in [-0.2, -0.15) is 4.39 Å². The number of benzene rings is 1. The van der Waals surface area contributed by atoms with Gasteiger partial charge in [0.15, 0.2) is 16.6 Å². The first-order chi connectivity index (χ1) is 16.7. The van der Waals surface area contributed by atoms with Crippen LogP contribution in [0.1, 0.15) is 6.42 Å². The molecule has 3 heterocycles. The second-order valence-corrected chi connectivity index (χ2v) is 9.17. The minimum Gasteiger partial charge on any atom is -0.491 e. The van der Waals surface area contributed by atoms with Gasteiger partial charge >= 0.3 is 0 Å². The van der Waals surface area contributed by atoms with Crippen LogP contribution in [0.5, 0.6) is 11.5 Å². The van der Waals surface area contributed by atoms with E-state index in [4.69, 9.17) is 14.6 Å². The molecule has 1 aromatic carbocycles. The van der Waals surface area contributed by atoms with Gasteiger partial charge in [-0.3, -0.25) is 9.78 Å². The lowest BCUT2D eigenvalue weighted by Crippen LogP contribution is -2.40. The van der Waals surface area contributed by atoms with Crippen LogP contribution in [0.25, 0.3) is 0 Å². The Morgan fingerprint density at radius 3 is 2.60 bits per heavy atom. The molecule has 10 nitrogen and oxygen atoms in total. The van der Waals surface area contributed by atoms with E-state index in [0.717, 1.165) is 12.1 Å². The van der Waals surface area contributed by atoms with E-state index in [1.54, 1.807) is 29.4 Å². The van der Waals surface area contributed by atoms with Gasteiger partial charge in [0.25, 0.3) is 10.0 Å². The quantitative estimate of drug-likeness (QED) is 0.498. The van der Waals surface area contributed by atoms with Crippen molar-refractivity contribution in [3.05, 3.63) is 66.6 Å². The first kappa shape index (κ1) is 24.3. The fourth-order valence-corrected chi connectivity index (χ4v) is 4.32. The van der Waals surface area contributed by atoms with E-state index < -0.39 is 44.7 Å². The summed E-state index contributed by atoms with van der Waals surface area (Å²) >= 11 is 0. The van der Waals surface area contributed by atoms with Crippen LogP contribution in [0.2, 0.25) is 0 Å². The number of rotatable bonds is 7. The lowest BCUT2D eigenvalue weighted by atomic mass is 10.1. The summed E-state index contributed by atoms with van der Waals surface area (Å²) in [6.45, 7) is 0.153. The van der Waals surface area contributed by atoms with Crippen LogP contribution < -0.4 is 24.8 Å². The molecule has 1 aliphatic heterocycles. The highest BCUT2D eigenvalue weighted by Gasteiger charge is 2.40. The molecule has 0 radical (unpaired) electrons. The maximum absolute atomic E-state index is 14.5. The van der Waals surface area contributed by atoms with Crippen molar-refractivity contribution in [2.75, 3.05) is 23.9 Å². The number of sulfonamides is 1. The molecule has 1 fully saturated rings. The van der Waals surface area contributed by atoms with Crippen molar-refractivity contribution in [3.63, 3.8) is 0 Å². The number of carbonyl (C=O) groups is 1. The molecule has 1 saturated heterocycles. The Morgan fingerprint density at radius 1 is 1.17 bits per heavy atom. The lowest BCUT2D eigenvalue weighted by Gasteiger charge is -2.27. The molecule has 4 rings (SSSR count). The number of aromatic nitrogens is 2. The van der Waals surface area contributed by atoms with Gasteiger partial charge in [0.05, 0.1) is 19.3 Å². The number of amides is 1. The molecule has 13 heteroatoms. The SMILES string of the molecule is COc1c(N2CC(Oc3ccncc3)CC2C(=O)Nc2ccnc(S(N)(=O)=O)c2)ccc(F)c1F. The topological polar surface area (TPSA) is 137 Å². The van der Waals surface area contributed by atoms with Gasteiger partial charge in [-0.25, -0.2) is 22.9 Å². The molecule has 0 aliphatic carbocycles. The number of pyridine rings is 2. The summed E-state index contributed by atoms with van der Waals surface area (Å²) in [5.41, 5.74) is 0.303. The van der Waals surface area contributed by atoms with Gasteiger partial charge in [-0.1, -0.05) is 0 Å². The molecular weight excluding hydrogens is 484 g/mol.